The number of imidazole rings is 1. The number of nitrogens with one attached hydrogen (secondary N) is 2. The van der Waals surface area contributed by atoms with Crippen molar-refractivity contribution in [2.45, 2.75) is 31.3 Å². The van der Waals surface area contributed by atoms with E-state index < -0.39 is 5.41 Å². The molecule has 0 bridgehead atoms. The summed E-state index contributed by atoms with van der Waals surface area (Å²) in [6.45, 7) is 2.74. The molecular formula is C31H32ClN5O. The van der Waals surface area contributed by atoms with Crippen LogP contribution in [0.25, 0.3) is 0 Å². The number of rotatable bonds is 8. The van der Waals surface area contributed by atoms with Crippen LogP contribution in [-0.2, 0) is 23.3 Å². The lowest BCUT2D eigenvalue weighted by molar-refractivity contribution is -0.128. The van der Waals surface area contributed by atoms with Crippen LogP contribution < -0.4 is 10.6 Å². The first-order chi connectivity index (χ1) is 18.2. The maximum atomic E-state index is 14.5. The average Bonchev–Trinajstić information content (AvgIpc) is 3.42. The zero-order valence-electron chi connectivity index (χ0n) is 21.2. The summed E-state index contributed by atoms with van der Waals surface area (Å²) < 4.78 is 2.10. The fourth-order valence-electron chi connectivity index (χ4n) is 5.51. The molecule has 6 nitrogen and oxygen atoms in total. The lowest BCUT2D eigenvalue weighted by Crippen LogP contribution is -2.54. The van der Waals surface area contributed by atoms with Gasteiger partial charge in [-0.1, -0.05) is 72.8 Å². The zero-order chi connectivity index (χ0) is 25.5. The third-order valence-corrected chi connectivity index (χ3v) is 7.34. The van der Waals surface area contributed by atoms with E-state index >= 15 is 0 Å². The number of hydrogen-bond donors (Lipinski definition) is 2. The van der Waals surface area contributed by atoms with Crippen LogP contribution in [-0.4, -0.2) is 28.5 Å². The van der Waals surface area contributed by atoms with E-state index in [4.69, 9.17) is 4.98 Å². The standard InChI is InChI=1S/C31H31N5O.ClH/c32-21-24-11-13-26(14-12-24)23-36-20-19-34-29(36)31(27-9-5-2-6-10-27,28-15-17-33-18-16-28)30(37)35-22-25-7-3-1-4-8-25;/h1-14,19-20,28,33H,15-18,22-23H2,(H,35,37);1H. The van der Waals surface area contributed by atoms with Crippen LogP contribution in [0.2, 0.25) is 0 Å². The summed E-state index contributed by atoms with van der Waals surface area (Å²) in [7, 11) is 0. The SMILES string of the molecule is Cl.N#Cc1ccc(Cn2ccnc2C(C(=O)NCc2ccccc2)(c2ccccc2)C2CCNCC2)cc1. The lowest BCUT2D eigenvalue weighted by atomic mass is 9.65. The van der Waals surface area contributed by atoms with E-state index in [0.717, 1.165) is 48.4 Å². The number of amides is 1. The number of aromatic nitrogens is 2. The van der Waals surface area contributed by atoms with Crippen molar-refractivity contribution in [3.05, 3.63) is 125 Å². The van der Waals surface area contributed by atoms with Crippen LogP contribution in [0.15, 0.2) is 97.3 Å². The summed E-state index contributed by atoms with van der Waals surface area (Å²) in [6.07, 6.45) is 5.49. The first-order valence-electron chi connectivity index (χ1n) is 12.8. The average molecular weight is 526 g/mol. The largest absolute Gasteiger partial charge is 0.351 e. The highest BCUT2D eigenvalue weighted by Gasteiger charge is 2.51. The molecule has 1 aliphatic rings. The number of benzene rings is 3. The minimum absolute atomic E-state index is 0. The highest BCUT2D eigenvalue weighted by atomic mass is 35.5. The predicted octanol–water partition coefficient (Wildman–Crippen LogP) is 4.83. The fraction of sp³-hybridized carbons (Fsp3) is 0.258. The molecule has 1 amide bonds. The Hall–Kier alpha value is -3.92. The van der Waals surface area contributed by atoms with Crippen LogP contribution in [0, 0.1) is 17.2 Å². The van der Waals surface area contributed by atoms with Gasteiger partial charge in [0.25, 0.3) is 0 Å². The van der Waals surface area contributed by atoms with Crippen molar-refractivity contribution in [3.8, 4) is 6.07 Å². The number of carbonyl (C=O) groups is 1. The molecular weight excluding hydrogens is 494 g/mol. The van der Waals surface area contributed by atoms with Crippen molar-refractivity contribution in [3.63, 3.8) is 0 Å². The van der Waals surface area contributed by atoms with E-state index in [-0.39, 0.29) is 24.2 Å². The molecule has 1 aromatic heterocycles. The van der Waals surface area contributed by atoms with Gasteiger partial charge in [-0.2, -0.15) is 5.26 Å². The van der Waals surface area contributed by atoms with E-state index in [1.54, 1.807) is 6.20 Å². The van der Waals surface area contributed by atoms with E-state index in [2.05, 4.69) is 33.4 Å². The second kappa shape index (κ2) is 12.6. The maximum absolute atomic E-state index is 14.5. The van der Waals surface area contributed by atoms with E-state index in [0.29, 0.717) is 18.7 Å². The van der Waals surface area contributed by atoms with Gasteiger partial charge in [0.05, 0.1) is 11.6 Å². The van der Waals surface area contributed by atoms with E-state index in [9.17, 15) is 10.1 Å². The summed E-state index contributed by atoms with van der Waals surface area (Å²) in [5.74, 6) is 0.802. The molecule has 1 fully saturated rings. The Labute approximate surface area is 230 Å². The van der Waals surface area contributed by atoms with Gasteiger partial charge >= 0.3 is 0 Å². The van der Waals surface area contributed by atoms with Crippen molar-refractivity contribution >= 4 is 18.3 Å². The number of carbonyl (C=O) groups excluding carboxylic acids is 1. The fourth-order valence-corrected chi connectivity index (χ4v) is 5.51. The third-order valence-electron chi connectivity index (χ3n) is 7.34. The van der Waals surface area contributed by atoms with Crippen LogP contribution >= 0.6 is 12.4 Å². The molecule has 0 aliphatic carbocycles. The van der Waals surface area contributed by atoms with E-state index in [1.807, 2.05) is 79.0 Å². The number of nitriles is 1. The minimum atomic E-state index is -0.950. The van der Waals surface area contributed by atoms with Crippen LogP contribution in [0.1, 0.15) is 40.9 Å². The second-order valence-corrected chi connectivity index (χ2v) is 9.55. The monoisotopic (exact) mass is 525 g/mol. The number of piperidine rings is 1. The zero-order valence-corrected chi connectivity index (χ0v) is 22.0. The first kappa shape index (κ1) is 27.1. The Kier molecular flexibility index (Phi) is 8.96. The molecule has 194 valence electrons. The molecule has 0 spiro atoms. The molecule has 4 aromatic rings. The normalized spacial score (nSPS) is 15.0. The number of hydrogen-bond acceptors (Lipinski definition) is 4. The van der Waals surface area contributed by atoms with Crippen LogP contribution in [0.5, 0.6) is 0 Å². The number of nitrogens with zero attached hydrogens (tertiary/aromatic N) is 3. The van der Waals surface area contributed by atoms with E-state index in [1.165, 1.54) is 0 Å². The quantitative estimate of drug-likeness (QED) is 0.345. The summed E-state index contributed by atoms with van der Waals surface area (Å²) in [4.78, 5) is 19.4. The van der Waals surface area contributed by atoms with Gasteiger partial charge in [-0.05, 0) is 60.7 Å². The highest BCUT2D eigenvalue weighted by Crippen LogP contribution is 2.43. The lowest BCUT2D eigenvalue weighted by Gasteiger charge is -2.41. The molecule has 3 aromatic carbocycles. The van der Waals surface area contributed by atoms with Crippen molar-refractivity contribution in [1.82, 2.24) is 20.2 Å². The Morgan fingerprint density at radius 2 is 1.63 bits per heavy atom. The minimum Gasteiger partial charge on any atom is -0.351 e. The van der Waals surface area contributed by atoms with Crippen LogP contribution in [0.4, 0.5) is 0 Å². The molecule has 1 aliphatic heterocycles. The van der Waals surface area contributed by atoms with Crippen molar-refractivity contribution in [2.24, 2.45) is 5.92 Å². The van der Waals surface area contributed by atoms with Gasteiger partial charge in [-0.15, -0.1) is 12.4 Å². The molecule has 7 heteroatoms. The van der Waals surface area contributed by atoms with Gasteiger partial charge in [0.15, 0.2) is 0 Å². The van der Waals surface area contributed by atoms with Crippen molar-refractivity contribution < 1.29 is 4.79 Å². The molecule has 0 saturated carbocycles. The molecule has 0 radical (unpaired) electrons. The molecule has 1 atom stereocenters. The second-order valence-electron chi connectivity index (χ2n) is 9.55. The number of halogens is 1. The Bertz CT molecular complexity index is 1360. The van der Waals surface area contributed by atoms with Crippen LogP contribution in [0.3, 0.4) is 0 Å². The van der Waals surface area contributed by atoms with Gasteiger partial charge in [-0.3, -0.25) is 4.79 Å². The molecule has 2 heterocycles. The summed E-state index contributed by atoms with van der Waals surface area (Å²) in [5, 5.41) is 15.9. The van der Waals surface area contributed by atoms with Gasteiger partial charge in [0.1, 0.15) is 11.2 Å². The molecule has 2 N–H and O–H groups in total. The molecule has 38 heavy (non-hydrogen) atoms. The Morgan fingerprint density at radius 1 is 0.974 bits per heavy atom. The van der Waals surface area contributed by atoms with Crippen molar-refractivity contribution in [2.75, 3.05) is 13.1 Å². The van der Waals surface area contributed by atoms with Crippen molar-refractivity contribution in [1.29, 1.82) is 5.26 Å². The van der Waals surface area contributed by atoms with Gasteiger partial charge in [-0.25, -0.2) is 4.98 Å². The van der Waals surface area contributed by atoms with Gasteiger partial charge < -0.3 is 15.2 Å². The molecule has 1 saturated heterocycles. The highest BCUT2D eigenvalue weighted by molar-refractivity contribution is 5.91. The van der Waals surface area contributed by atoms with Gasteiger partial charge in [0.2, 0.25) is 5.91 Å². The topological polar surface area (TPSA) is 82.7 Å². The third kappa shape index (κ3) is 5.50. The predicted molar refractivity (Wildman–Crippen MR) is 151 cm³/mol. The first-order valence-corrected chi connectivity index (χ1v) is 12.8. The van der Waals surface area contributed by atoms with Gasteiger partial charge in [0, 0.05) is 25.5 Å². The Balaban J connectivity index is 0.00000336. The molecule has 5 rings (SSSR count). The Morgan fingerprint density at radius 3 is 2.29 bits per heavy atom. The summed E-state index contributed by atoms with van der Waals surface area (Å²) >= 11 is 0. The summed E-state index contributed by atoms with van der Waals surface area (Å²) in [6, 6.07) is 29.9. The smallest absolute Gasteiger partial charge is 0.238 e. The summed E-state index contributed by atoms with van der Waals surface area (Å²) in [5.41, 5.74) is 2.75. The molecule has 1 unspecified atom stereocenters. The maximum Gasteiger partial charge on any atom is 0.238 e.